The minimum atomic E-state index is -0.980. The Bertz CT molecular complexity index is 1280. The van der Waals surface area contributed by atoms with Gasteiger partial charge in [0, 0.05) is 30.6 Å². The van der Waals surface area contributed by atoms with Crippen LogP contribution in [-0.4, -0.2) is 38.1 Å². The molecule has 7 nitrogen and oxygen atoms in total. The first-order valence-corrected chi connectivity index (χ1v) is 10.0. The molecule has 0 unspecified atom stereocenters. The third kappa shape index (κ3) is 4.27. The number of nitrogens with zero attached hydrogens (tertiary/aromatic N) is 4. The van der Waals surface area contributed by atoms with Crippen LogP contribution in [-0.2, 0) is 11.8 Å². The molecular weight excluding hydrogens is 414 g/mol. The summed E-state index contributed by atoms with van der Waals surface area (Å²) in [4.78, 5) is 19.5. The highest BCUT2D eigenvalue weighted by atomic mass is 35.5. The van der Waals surface area contributed by atoms with Gasteiger partial charge in [0.2, 0.25) is 0 Å². The minimum Gasteiger partial charge on any atom is -0.480 e. The van der Waals surface area contributed by atoms with Gasteiger partial charge in [0.25, 0.3) is 0 Å². The first-order valence-electron chi connectivity index (χ1n) is 9.63. The molecule has 0 radical (unpaired) electrons. The van der Waals surface area contributed by atoms with Crippen LogP contribution in [0.25, 0.3) is 22.2 Å². The van der Waals surface area contributed by atoms with Crippen molar-refractivity contribution in [1.29, 1.82) is 0 Å². The Hall–Kier alpha value is -3.71. The first kappa shape index (κ1) is 20.6. The quantitative estimate of drug-likeness (QED) is 0.421. The van der Waals surface area contributed by atoms with Gasteiger partial charge < -0.3 is 10.4 Å². The molecule has 4 aromatic rings. The van der Waals surface area contributed by atoms with Crippen LogP contribution < -0.4 is 5.32 Å². The van der Waals surface area contributed by atoms with E-state index in [-0.39, 0.29) is 0 Å². The fourth-order valence-electron chi connectivity index (χ4n) is 3.16. The monoisotopic (exact) mass is 433 g/mol. The molecule has 1 atom stereocenters. The first-order chi connectivity index (χ1) is 14.9. The average molecular weight is 434 g/mol. The maximum Gasteiger partial charge on any atom is 0.328 e. The molecule has 0 fully saturated rings. The Morgan fingerprint density at radius 2 is 2.00 bits per heavy atom. The van der Waals surface area contributed by atoms with Crippen molar-refractivity contribution in [3.05, 3.63) is 71.4 Å². The number of carboxylic acid groups (broad SMARTS) is 1. The summed E-state index contributed by atoms with van der Waals surface area (Å²) in [5.74, 6) is -0.404. The summed E-state index contributed by atoms with van der Waals surface area (Å²) < 4.78 is 1.71. The predicted octanol–water partition coefficient (Wildman–Crippen LogP) is 4.92. The highest BCUT2D eigenvalue weighted by Gasteiger charge is 2.14. The number of hydrogen-bond acceptors (Lipinski definition) is 5. The van der Waals surface area contributed by atoms with Crippen LogP contribution in [0.5, 0.6) is 0 Å². The normalized spacial score (nSPS) is 12.4. The number of aliphatic imine (C=N–C) groups is 1. The van der Waals surface area contributed by atoms with Crippen molar-refractivity contribution in [2.75, 3.05) is 5.32 Å². The second-order valence-corrected chi connectivity index (χ2v) is 7.44. The largest absolute Gasteiger partial charge is 0.480 e. The maximum atomic E-state index is 10.9. The van der Waals surface area contributed by atoms with Crippen molar-refractivity contribution < 1.29 is 9.90 Å². The van der Waals surface area contributed by atoms with E-state index in [2.05, 4.69) is 20.4 Å². The molecule has 2 heterocycles. The Morgan fingerprint density at radius 1 is 1.23 bits per heavy atom. The summed E-state index contributed by atoms with van der Waals surface area (Å²) in [6, 6.07) is 16.8. The number of halogens is 1. The van der Waals surface area contributed by atoms with Crippen LogP contribution in [0, 0.1) is 0 Å². The van der Waals surface area contributed by atoms with Gasteiger partial charge in [-0.25, -0.2) is 9.78 Å². The zero-order valence-electron chi connectivity index (χ0n) is 17.0. The lowest BCUT2D eigenvalue weighted by Gasteiger charge is -2.10. The Morgan fingerprint density at radius 3 is 2.74 bits per heavy atom. The van der Waals surface area contributed by atoms with Gasteiger partial charge in [0.05, 0.1) is 16.2 Å². The Kier molecular flexibility index (Phi) is 5.68. The molecule has 0 aliphatic carbocycles. The number of aryl methyl sites for hydroxylation is 1. The molecule has 0 aliphatic heterocycles. The molecule has 0 amide bonds. The van der Waals surface area contributed by atoms with Crippen molar-refractivity contribution in [3.63, 3.8) is 0 Å². The molecule has 0 aliphatic rings. The number of pyridine rings is 1. The van der Waals surface area contributed by atoms with E-state index in [0.29, 0.717) is 21.9 Å². The van der Waals surface area contributed by atoms with Gasteiger partial charge in [0.15, 0.2) is 5.82 Å². The predicted molar refractivity (Wildman–Crippen MR) is 123 cm³/mol. The number of nitrogens with one attached hydrogen (secondary N) is 1. The number of rotatable bonds is 6. The summed E-state index contributed by atoms with van der Waals surface area (Å²) in [6.07, 6.45) is 3.14. The fourth-order valence-corrected chi connectivity index (χ4v) is 3.44. The highest BCUT2D eigenvalue weighted by molar-refractivity contribution is 6.36. The van der Waals surface area contributed by atoms with Crippen molar-refractivity contribution in [1.82, 2.24) is 14.8 Å². The third-order valence-corrected chi connectivity index (χ3v) is 5.26. The van der Waals surface area contributed by atoms with Crippen LogP contribution in [0.3, 0.4) is 0 Å². The van der Waals surface area contributed by atoms with E-state index in [9.17, 15) is 4.79 Å². The Balaban J connectivity index is 1.66. The van der Waals surface area contributed by atoms with E-state index in [1.807, 2.05) is 61.6 Å². The van der Waals surface area contributed by atoms with Gasteiger partial charge >= 0.3 is 5.97 Å². The van der Waals surface area contributed by atoms with E-state index in [1.54, 1.807) is 10.9 Å². The molecule has 4 rings (SSSR count). The van der Waals surface area contributed by atoms with E-state index in [0.717, 1.165) is 22.3 Å². The maximum absolute atomic E-state index is 10.9. The number of benzene rings is 2. The average Bonchev–Trinajstić information content (AvgIpc) is 3.08. The molecule has 0 bridgehead atoms. The van der Waals surface area contributed by atoms with Crippen LogP contribution in [0.4, 0.5) is 11.5 Å². The summed E-state index contributed by atoms with van der Waals surface area (Å²) in [7, 11) is 1.82. The topological polar surface area (TPSA) is 92.4 Å². The SMILES string of the molecule is C[C@H](N=Cc1cnc2c(Nc3cccc(-c4ccccc4)c3Cl)nn(C)c2c1)C(=O)O. The molecule has 2 N–H and O–H groups in total. The molecule has 2 aromatic carbocycles. The van der Waals surface area contributed by atoms with Gasteiger partial charge in [-0.2, -0.15) is 5.10 Å². The van der Waals surface area contributed by atoms with Gasteiger partial charge in [0.1, 0.15) is 11.6 Å². The molecule has 0 saturated carbocycles. The Labute approximate surface area is 184 Å². The molecule has 8 heteroatoms. The molecule has 156 valence electrons. The molecular formula is C23H20ClN5O2. The number of aromatic nitrogens is 3. The highest BCUT2D eigenvalue weighted by Crippen LogP contribution is 2.36. The molecule has 0 saturated heterocycles. The van der Waals surface area contributed by atoms with Crippen molar-refractivity contribution in [2.45, 2.75) is 13.0 Å². The summed E-state index contributed by atoms with van der Waals surface area (Å²) in [5, 5.41) is 17.4. The minimum absolute atomic E-state index is 0.576. The summed E-state index contributed by atoms with van der Waals surface area (Å²) in [6.45, 7) is 1.52. The van der Waals surface area contributed by atoms with Crippen LogP contribution in [0.15, 0.2) is 65.8 Å². The van der Waals surface area contributed by atoms with Crippen LogP contribution in [0.1, 0.15) is 12.5 Å². The van der Waals surface area contributed by atoms with Gasteiger partial charge in [-0.05, 0) is 24.6 Å². The van der Waals surface area contributed by atoms with E-state index in [1.165, 1.54) is 13.1 Å². The second-order valence-electron chi connectivity index (χ2n) is 7.06. The van der Waals surface area contributed by atoms with Gasteiger partial charge in [-0.3, -0.25) is 9.67 Å². The summed E-state index contributed by atoms with van der Waals surface area (Å²) >= 11 is 6.69. The van der Waals surface area contributed by atoms with E-state index < -0.39 is 12.0 Å². The number of anilines is 2. The van der Waals surface area contributed by atoms with Crippen molar-refractivity contribution in [3.8, 4) is 11.1 Å². The standard InChI is InChI=1S/C23H20ClN5O2/c1-14(23(30)31)25-12-15-11-19-21(26-13-15)22(28-29(19)2)27-18-10-6-9-17(20(18)24)16-7-4-3-5-8-16/h3-14H,1-2H3,(H,27,28)(H,30,31)/t14-/m0/s1. The van der Waals surface area contributed by atoms with Crippen LogP contribution >= 0.6 is 11.6 Å². The van der Waals surface area contributed by atoms with E-state index >= 15 is 0 Å². The zero-order valence-corrected chi connectivity index (χ0v) is 17.7. The lowest BCUT2D eigenvalue weighted by molar-refractivity contribution is -0.137. The zero-order chi connectivity index (χ0) is 22.0. The van der Waals surface area contributed by atoms with E-state index in [4.69, 9.17) is 16.7 Å². The van der Waals surface area contributed by atoms with Gasteiger partial charge in [-0.1, -0.05) is 54.1 Å². The lowest BCUT2D eigenvalue weighted by Crippen LogP contribution is -2.13. The number of carboxylic acids is 1. The lowest BCUT2D eigenvalue weighted by atomic mass is 10.1. The smallest absolute Gasteiger partial charge is 0.328 e. The fraction of sp³-hybridized carbons (Fsp3) is 0.130. The number of hydrogen-bond donors (Lipinski definition) is 2. The van der Waals surface area contributed by atoms with Gasteiger partial charge in [-0.15, -0.1) is 0 Å². The molecule has 2 aromatic heterocycles. The molecule has 0 spiro atoms. The second kappa shape index (κ2) is 8.57. The van der Waals surface area contributed by atoms with Crippen LogP contribution in [0.2, 0.25) is 5.02 Å². The number of aliphatic carboxylic acids is 1. The molecule has 31 heavy (non-hydrogen) atoms. The number of fused-ring (bicyclic) bond motifs is 1. The number of carbonyl (C=O) groups is 1. The third-order valence-electron chi connectivity index (χ3n) is 4.85. The summed E-state index contributed by atoms with van der Waals surface area (Å²) in [5.41, 5.74) is 4.83. The van der Waals surface area contributed by atoms with Crippen molar-refractivity contribution in [2.24, 2.45) is 12.0 Å². The van der Waals surface area contributed by atoms with Crippen molar-refractivity contribution >= 4 is 46.3 Å².